The van der Waals surface area contributed by atoms with Crippen LogP contribution in [0.3, 0.4) is 0 Å². The van der Waals surface area contributed by atoms with Gasteiger partial charge in [-0.2, -0.15) is 0 Å². The SMILES string of the molecule is CCOC(=O)C(CC(C)C)C(O)CC(=O)O. The molecule has 0 saturated carbocycles. The van der Waals surface area contributed by atoms with Gasteiger partial charge in [-0.15, -0.1) is 0 Å². The summed E-state index contributed by atoms with van der Waals surface area (Å²) >= 11 is 0. The Morgan fingerprint density at radius 2 is 1.88 bits per heavy atom. The van der Waals surface area contributed by atoms with E-state index in [1.54, 1.807) is 6.92 Å². The zero-order valence-corrected chi connectivity index (χ0v) is 9.97. The zero-order valence-electron chi connectivity index (χ0n) is 9.97. The lowest BCUT2D eigenvalue weighted by atomic mass is 9.90. The first-order valence-electron chi connectivity index (χ1n) is 5.44. The van der Waals surface area contributed by atoms with E-state index in [-0.39, 0.29) is 12.5 Å². The number of esters is 1. The second-order valence-corrected chi connectivity index (χ2v) is 4.15. The summed E-state index contributed by atoms with van der Waals surface area (Å²) in [5, 5.41) is 18.2. The van der Waals surface area contributed by atoms with Gasteiger partial charge in [-0.25, -0.2) is 0 Å². The van der Waals surface area contributed by atoms with Crippen LogP contribution in [0.5, 0.6) is 0 Å². The predicted molar refractivity (Wildman–Crippen MR) is 57.8 cm³/mol. The Labute approximate surface area is 95.4 Å². The Morgan fingerprint density at radius 3 is 2.25 bits per heavy atom. The summed E-state index contributed by atoms with van der Waals surface area (Å²) in [6.07, 6.45) is -1.19. The van der Waals surface area contributed by atoms with Crippen molar-refractivity contribution in [1.82, 2.24) is 0 Å². The van der Waals surface area contributed by atoms with Crippen molar-refractivity contribution in [3.63, 3.8) is 0 Å². The number of aliphatic hydroxyl groups excluding tert-OH is 1. The van der Waals surface area contributed by atoms with Gasteiger partial charge in [-0.1, -0.05) is 13.8 Å². The maximum Gasteiger partial charge on any atom is 0.311 e. The Hall–Kier alpha value is -1.10. The third kappa shape index (κ3) is 5.70. The molecule has 0 aliphatic carbocycles. The summed E-state index contributed by atoms with van der Waals surface area (Å²) in [6, 6.07) is 0. The molecule has 2 N–H and O–H groups in total. The van der Waals surface area contributed by atoms with Crippen LogP contribution in [0.1, 0.15) is 33.6 Å². The summed E-state index contributed by atoms with van der Waals surface area (Å²) in [7, 11) is 0. The monoisotopic (exact) mass is 232 g/mol. The second kappa shape index (κ2) is 7.22. The lowest BCUT2D eigenvalue weighted by Gasteiger charge is -2.21. The van der Waals surface area contributed by atoms with E-state index in [0.717, 1.165) is 0 Å². The Kier molecular flexibility index (Phi) is 6.72. The molecule has 0 aromatic heterocycles. The highest BCUT2D eigenvalue weighted by Crippen LogP contribution is 2.19. The lowest BCUT2D eigenvalue weighted by molar-refractivity contribution is -0.154. The van der Waals surface area contributed by atoms with Crippen molar-refractivity contribution in [2.24, 2.45) is 11.8 Å². The van der Waals surface area contributed by atoms with Gasteiger partial charge >= 0.3 is 11.9 Å². The fourth-order valence-corrected chi connectivity index (χ4v) is 1.49. The first-order chi connectivity index (χ1) is 7.38. The van der Waals surface area contributed by atoms with Crippen molar-refractivity contribution in [3.05, 3.63) is 0 Å². The fraction of sp³-hybridized carbons (Fsp3) is 0.818. The quantitative estimate of drug-likeness (QED) is 0.641. The molecule has 0 amide bonds. The van der Waals surface area contributed by atoms with Gasteiger partial charge in [0.1, 0.15) is 0 Å². The van der Waals surface area contributed by atoms with Crippen LogP contribution in [-0.4, -0.2) is 34.9 Å². The highest BCUT2D eigenvalue weighted by Gasteiger charge is 2.30. The summed E-state index contributed by atoms with van der Waals surface area (Å²) in [5.41, 5.74) is 0. The summed E-state index contributed by atoms with van der Waals surface area (Å²) < 4.78 is 4.82. The Bertz CT molecular complexity index is 237. The van der Waals surface area contributed by atoms with Crippen LogP contribution in [0.15, 0.2) is 0 Å². The van der Waals surface area contributed by atoms with Crippen molar-refractivity contribution in [3.8, 4) is 0 Å². The molecule has 5 nitrogen and oxygen atoms in total. The highest BCUT2D eigenvalue weighted by atomic mass is 16.5. The number of aliphatic hydroxyl groups is 1. The molecule has 0 radical (unpaired) electrons. The topological polar surface area (TPSA) is 83.8 Å². The smallest absolute Gasteiger partial charge is 0.311 e. The third-order valence-corrected chi connectivity index (χ3v) is 2.16. The van der Waals surface area contributed by atoms with Gasteiger partial charge in [0.25, 0.3) is 0 Å². The second-order valence-electron chi connectivity index (χ2n) is 4.15. The number of ether oxygens (including phenoxy) is 1. The highest BCUT2D eigenvalue weighted by molar-refractivity contribution is 5.75. The molecule has 0 rings (SSSR count). The maximum absolute atomic E-state index is 11.5. The van der Waals surface area contributed by atoms with E-state index in [1.165, 1.54) is 0 Å². The number of carboxylic acid groups (broad SMARTS) is 1. The molecule has 0 spiro atoms. The number of carboxylic acids is 1. The molecule has 94 valence electrons. The van der Waals surface area contributed by atoms with Crippen LogP contribution in [-0.2, 0) is 14.3 Å². The van der Waals surface area contributed by atoms with E-state index in [1.807, 2.05) is 13.8 Å². The fourth-order valence-electron chi connectivity index (χ4n) is 1.49. The normalized spacial score (nSPS) is 14.6. The molecule has 0 saturated heterocycles. The summed E-state index contributed by atoms with van der Waals surface area (Å²) in [5.74, 6) is -2.20. The molecule has 0 fully saturated rings. The number of carbonyl (C=O) groups is 2. The molecular formula is C11H20O5. The van der Waals surface area contributed by atoms with Gasteiger partial charge in [-0.3, -0.25) is 9.59 Å². The van der Waals surface area contributed by atoms with E-state index in [4.69, 9.17) is 9.84 Å². The van der Waals surface area contributed by atoms with Crippen molar-refractivity contribution in [1.29, 1.82) is 0 Å². The molecule has 5 heteroatoms. The van der Waals surface area contributed by atoms with E-state index in [9.17, 15) is 14.7 Å². The number of carbonyl (C=O) groups excluding carboxylic acids is 1. The Balaban J connectivity index is 4.51. The maximum atomic E-state index is 11.5. The first-order valence-corrected chi connectivity index (χ1v) is 5.44. The summed E-state index contributed by atoms with van der Waals surface area (Å²) in [6.45, 7) is 5.71. The van der Waals surface area contributed by atoms with Crippen LogP contribution in [0.2, 0.25) is 0 Å². The van der Waals surface area contributed by atoms with Gasteiger partial charge < -0.3 is 14.9 Å². The van der Waals surface area contributed by atoms with Crippen LogP contribution in [0.25, 0.3) is 0 Å². The molecule has 0 aromatic carbocycles. The minimum atomic E-state index is -1.18. The van der Waals surface area contributed by atoms with Crippen molar-refractivity contribution < 1.29 is 24.5 Å². The largest absolute Gasteiger partial charge is 0.481 e. The molecule has 0 bridgehead atoms. The number of hydrogen-bond donors (Lipinski definition) is 2. The van der Waals surface area contributed by atoms with E-state index in [2.05, 4.69) is 0 Å². The average Bonchev–Trinajstić information content (AvgIpc) is 2.12. The van der Waals surface area contributed by atoms with Crippen molar-refractivity contribution in [2.75, 3.05) is 6.61 Å². The van der Waals surface area contributed by atoms with Crippen LogP contribution in [0.4, 0.5) is 0 Å². The lowest BCUT2D eigenvalue weighted by Crippen LogP contribution is -2.32. The van der Waals surface area contributed by atoms with Gasteiger partial charge in [0.15, 0.2) is 0 Å². The van der Waals surface area contributed by atoms with Crippen LogP contribution >= 0.6 is 0 Å². The third-order valence-electron chi connectivity index (χ3n) is 2.16. The van der Waals surface area contributed by atoms with Crippen molar-refractivity contribution >= 4 is 11.9 Å². The Morgan fingerprint density at radius 1 is 1.31 bits per heavy atom. The molecule has 0 aromatic rings. The molecule has 0 aliphatic heterocycles. The van der Waals surface area contributed by atoms with Crippen molar-refractivity contribution in [2.45, 2.75) is 39.7 Å². The summed E-state index contributed by atoms with van der Waals surface area (Å²) in [4.78, 5) is 22.0. The van der Waals surface area contributed by atoms with E-state index < -0.39 is 30.4 Å². The predicted octanol–water partition coefficient (Wildman–Crippen LogP) is 1.05. The van der Waals surface area contributed by atoms with E-state index >= 15 is 0 Å². The molecule has 0 heterocycles. The van der Waals surface area contributed by atoms with Gasteiger partial charge in [0, 0.05) is 0 Å². The first kappa shape index (κ1) is 14.9. The van der Waals surface area contributed by atoms with Crippen LogP contribution < -0.4 is 0 Å². The number of hydrogen-bond acceptors (Lipinski definition) is 4. The number of rotatable bonds is 7. The van der Waals surface area contributed by atoms with Gasteiger partial charge in [-0.05, 0) is 19.3 Å². The zero-order chi connectivity index (χ0) is 12.7. The minimum Gasteiger partial charge on any atom is -0.481 e. The van der Waals surface area contributed by atoms with Crippen LogP contribution in [0, 0.1) is 11.8 Å². The van der Waals surface area contributed by atoms with E-state index in [0.29, 0.717) is 6.42 Å². The standard InChI is InChI=1S/C11H20O5/c1-4-16-11(15)8(5-7(2)3)9(12)6-10(13)14/h7-9,12H,4-6H2,1-3H3,(H,13,14). The van der Waals surface area contributed by atoms with Gasteiger partial charge in [0.2, 0.25) is 0 Å². The molecular weight excluding hydrogens is 212 g/mol. The number of aliphatic carboxylic acids is 1. The molecule has 16 heavy (non-hydrogen) atoms. The molecule has 2 unspecified atom stereocenters. The molecule has 2 atom stereocenters. The molecule has 0 aliphatic rings. The van der Waals surface area contributed by atoms with Gasteiger partial charge in [0.05, 0.1) is 25.0 Å². The average molecular weight is 232 g/mol. The minimum absolute atomic E-state index is 0.192.